The van der Waals surface area contributed by atoms with Crippen molar-refractivity contribution in [1.82, 2.24) is 4.98 Å². The van der Waals surface area contributed by atoms with Crippen molar-refractivity contribution in [3.8, 4) is 11.3 Å². The summed E-state index contributed by atoms with van der Waals surface area (Å²) in [6.07, 6.45) is 6.78. The lowest BCUT2D eigenvalue weighted by Gasteiger charge is -2.29. The number of benzene rings is 1. The number of hydrogen-bond donors (Lipinski definition) is 0. The molecule has 0 unspecified atom stereocenters. The van der Waals surface area contributed by atoms with E-state index in [0.717, 1.165) is 54.3 Å². The predicted molar refractivity (Wildman–Crippen MR) is 96.9 cm³/mol. The van der Waals surface area contributed by atoms with Gasteiger partial charge in [0.1, 0.15) is 0 Å². The van der Waals surface area contributed by atoms with E-state index in [1.807, 2.05) is 48.7 Å². The molecule has 2 aromatic rings. The largest absolute Gasteiger partial charge is 0.348 e. The summed E-state index contributed by atoms with van der Waals surface area (Å²) < 4.78 is 11.7. The normalized spacial score (nSPS) is 20.7. The highest BCUT2D eigenvalue weighted by Gasteiger charge is 2.23. The van der Waals surface area contributed by atoms with E-state index in [1.54, 1.807) is 0 Å². The lowest BCUT2D eigenvalue weighted by atomic mass is 10.0. The minimum atomic E-state index is -0.313. The van der Waals surface area contributed by atoms with Gasteiger partial charge in [-0.2, -0.15) is 0 Å². The summed E-state index contributed by atoms with van der Waals surface area (Å²) in [5, 5.41) is 0.724. The Kier molecular flexibility index (Phi) is 6.02. The van der Waals surface area contributed by atoms with Crippen molar-refractivity contribution in [2.75, 3.05) is 13.2 Å². The van der Waals surface area contributed by atoms with Crippen molar-refractivity contribution in [3.63, 3.8) is 0 Å². The maximum atomic E-state index is 5.92. The first-order chi connectivity index (χ1) is 11.8. The van der Waals surface area contributed by atoms with Crippen LogP contribution in [0, 0.1) is 5.92 Å². The van der Waals surface area contributed by atoms with E-state index in [2.05, 4.69) is 11.6 Å². The van der Waals surface area contributed by atoms with Crippen LogP contribution in [0.1, 0.15) is 31.1 Å². The van der Waals surface area contributed by atoms with Gasteiger partial charge in [-0.25, -0.2) is 0 Å². The SMILES string of the molecule is C=CCCCC1COC(c2ccc(-c3ccc(Cl)cc3)nc2)OC1. The fraction of sp³-hybridized carbons (Fsp3) is 0.350. The summed E-state index contributed by atoms with van der Waals surface area (Å²) in [5.74, 6) is 0.475. The molecule has 24 heavy (non-hydrogen) atoms. The molecule has 0 saturated carbocycles. The number of pyridine rings is 1. The summed E-state index contributed by atoms with van der Waals surface area (Å²) in [6.45, 7) is 5.23. The van der Waals surface area contributed by atoms with Gasteiger partial charge in [-0.1, -0.05) is 35.9 Å². The van der Waals surface area contributed by atoms with E-state index in [-0.39, 0.29) is 6.29 Å². The van der Waals surface area contributed by atoms with Gasteiger partial charge in [0.05, 0.1) is 18.9 Å². The molecular formula is C20H22ClNO2. The summed E-state index contributed by atoms with van der Waals surface area (Å²) in [6, 6.07) is 11.7. The molecule has 4 heteroatoms. The quantitative estimate of drug-likeness (QED) is 0.518. The molecule has 1 aliphatic heterocycles. The second-order valence-corrected chi connectivity index (χ2v) is 6.50. The molecule has 0 amide bonds. The van der Waals surface area contributed by atoms with E-state index >= 15 is 0 Å². The molecule has 0 radical (unpaired) electrons. The van der Waals surface area contributed by atoms with Crippen LogP contribution in [0.2, 0.25) is 5.02 Å². The van der Waals surface area contributed by atoms with E-state index in [0.29, 0.717) is 5.92 Å². The highest BCUT2D eigenvalue weighted by atomic mass is 35.5. The monoisotopic (exact) mass is 343 g/mol. The number of allylic oxidation sites excluding steroid dienone is 1. The summed E-state index contributed by atoms with van der Waals surface area (Å²) in [4.78, 5) is 4.52. The summed E-state index contributed by atoms with van der Waals surface area (Å²) >= 11 is 5.92. The van der Waals surface area contributed by atoms with Crippen molar-refractivity contribution in [1.29, 1.82) is 0 Å². The number of halogens is 1. The average Bonchev–Trinajstić information content (AvgIpc) is 2.63. The van der Waals surface area contributed by atoms with Gasteiger partial charge < -0.3 is 9.47 Å². The molecule has 0 aliphatic carbocycles. The second-order valence-electron chi connectivity index (χ2n) is 6.07. The van der Waals surface area contributed by atoms with Gasteiger partial charge in [0.25, 0.3) is 0 Å². The Labute approximate surface area is 148 Å². The zero-order valence-electron chi connectivity index (χ0n) is 13.7. The van der Waals surface area contributed by atoms with E-state index in [1.165, 1.54) is 0 Å². The Morgan fingerprint density at radius 1 is 1.12 bits per heavy atom. The van der Waals surface area contributed by atoms with E-state index in [4.69, 9.17) is 21.1 Å². The number of rotatable bonds is 6. The van der Waals surface area contributed by atoms with Crippen LogP contribution in [0.25, 0.3) is 11.3 Å². The molecule has 0 N–H and O–H groups in total. The smallest absolute Gasteiger partial charge is 0.185 e. The van der Waals surface area contributed by atoms with Crippen molar-refractivity contribution in [2.45, 2.75) is 25.6 Å². The topological polar surface area (TPSA) is 31.4 Å². The Balaban J connectivity index is 1.56. The Morgan fingerprint density at radius 3 is 2.50 bits per heavy atom. The Hall–Kier alpha value is -1.68. The lowest BCUT2D eigenvalue weighted by Crippen LogP contribution is -2.27. The number of aromatic nitrogens is 1. The van der Waals surface area contributed by atoms with Crippen LogP contribution >= 0.6 is 11.6 Å². The molecule has 0 spiro atoms. The zero-order chi connectivity index (χ0) is 16.8. The van der Waals surface area contributed by atoms with Crippen molar-refractivity contribution < 1.29 is 9.47 Å². The highest BCUT2D eigenvalue weighted by molar-refractivity contribution is 6.30. The third-order valence-corrected chi connectivity index (χ3v) is 4.44. The minimum absolute atomic E-state index is 0.313. The highest BCUT2D eigenvalue weighted by Crippen LogP contribution is 2.28. The van der Waals surface area contributed by atoms with Gasteiger partial charge in [0.15, 0.2) is 6.29 Å². The Morgan fingerprint density at radius 2 is 1.88 bits per heavy atom. The molecule has 3 rings (SSSR count). The third kappa shape index (κ3) is 4.44. The molecule has 1 saturated heterocycles. The van der Waals surface area contributed by atoms with Gasteiger partial charge in [0.2, 0.25) is 0 Å². The molecule has 1 aromatic carbocycles. The van der Waals surface area contributed by atoms with Crippen LogP contribution in [0.15, 0.2) is 55.3 Å². The molecule has 1 aliphatic rings. The van der Waals surface area contributed by atoms with Gasteiger partial charge in [-0.3, -0.25) is 4.98 Å². The Bertz CT molecular complexity index is 646. The number of ether oxygens (including phenoxy) is 2. The molecule has 0 atom stereocenters. The molecule has 3 nitrogen and oxygen atoms in total. The number of hydrogen-bond acceptors (Lipinski definition) is 3. The molecule has 2 heterocycles. The molecule has 1 fully saturated rings. The molecule has 0 bridgehead atoms. The average molecular weight is 344 g/mol. The third-order valence-electron chi connectivity index (χ3n) is 4.19. The first-order valence-electron chi connectivity index (χ1n) is 8.32. The number of nitrogens with zero attached hydrogens (tertiary/aromatic N) is 1. The van der Waals surface area contributed by atoms with Crippen LogP contribution in [0.4, 0.5) is 0 Å². The van der Waals surface area contributed by atoms with Gasteiger partial charge in [0, 0.05) is 28.3 Å². The minimum Gasteiger partial charge on any atom is -0.348 e. The first-order valence-corrected chi connectivity index (χ1v) is 8.70. The standard InChI is InChI=1S/C20H22ClNO2/c1-2-3-4-5-15-13-23-20(24-14-15)17-8-11-19(22-12-17)16-6-9-18(21)10-7-16/h2,6-12,15,20H,1,3-5,13-14H2. The second kappa shape index (κ2) is 8.43. The lowest BCUT2D eigenvalue weighted by molar-refractivity contribution is -0.206. The van der Waals surface area contributed by atoms with Crippen molar-refractivity contribution >= 4 is 11.6 Å². The predicted octanol–water partition coefficient (Wildman–Crippen LogP) is 5.42. The maximum Gasteiger partial charge on any atom is 0.185 e. The van der Waals surface area contributed by atoms with E-state index in [9.17, 15) is 0 Å². The molecular weight excluding hydrogens is 322 g/mol. The van der Waals surface area contributed by atoms with Crippen LogP contribution in [0.3, 0.4) is 0 Å². The van der Waals surface area contributed by atoms with Crippen molar-refractivity contribution in [2.24, 2.45) is 5.92 Å². The van der Waals surface area contributed by atoms with Crippen molar-refractivity contribution in [3.05, 3.63) is 65.8 Å². The van der Waals surface area contributed by atoms with Gasteiger partial charge >= 0.3 is 0 Å². The van der Waals surface area contributed by atoms with Crippen LogP contribution in [-0.4, -0.2) is 18.2 Å². The summed E-state index contributed by atoms with van der Waals surface area (Å²) in [7, 11) is 0. The van der Waals surface area contributed by atoms with Gasteiger partial charge in [-0.05, 0) is 37.5 Å². The zero-order valence-corrected chi connectivity index (χ0v) is 14.4. The fourth-order valence-corrected chi connectivity index (χ4v) is 2.92. The maximum absolute atomic E-state index is 5.92. The summed E-state index contributed by atoms with van der Waals surface area (Å²) in [5.41, 5.74) is 2.91. The number of unbranched alkanes of at least 4 members (excludes halogenated alkanes) is 1. The van der Waals surface area contributed by atoms with Crippen LogP contribution in [-0.2, 0) is 9.47 Å². The van der Waals surface area contributed by atoms with Crippen LogP contribution < -0.4 is 0 Å². The fourth-order valence-electron chi connectivity index (χ4n) is 2.79. The van der Waals surface area contributed by atoms with Crippen LogP contribution in [0.5, 0.6) is 0 Å². The first kappa shape index (κ1) is 17.2. The molecule has 126 valence electrons. The van der Waals surface area contributed by atoms with Gasteiger partial charge in [-0.15, -0.1) is 6.58 Å². The molecule has 1 aromatic heterocycles. The van der Waals surface area contributed by atoms with E-state index < -0.39 is 0 Å².